The molecule has 0 aliphatic heterocycles. The highest BCUT2D eigenvalue weighted by atomic mass is 35.5. The molecule has 2 aromatic carbocycles. The van der Waals surface area contributed by atoms with E-state index in [0.29, 0.717) is 16.1 Å². The van der Waals surface area contributed by atoms with Crippen molar-refractivity contribution in [3.05, 3.63) is 71.2 Å². The lowest BCUT2D eigenvalue weighted by Gasteiger charge is -2.10. The van der Waals surface area contributed by atoms with Gasteiger partial charge in [-0.25, -0.2) is 9.97 Å². The fourth-order valence-electron chi connectivity index (χ4n) is 2.55. The van der Waals surface area contributed by atoms with Crippen LogP contribution in [0.25, 0.3) is 33.5 Å². The average Bonchev–Trinajstić information content (AvgIpc) is 3.10. The van der Waals surface area contributed by atoms with Gasteiger partial charge in [-0.05, 0) is 23.8 Å². The predicted octanol–water partition coefficient (Wildman–Crippen LogP) is 5.86. The highest BCUT2D eigenvalue weighted by Gasteiger charge is 2.15. The van der Waals surface area contributed by atoms with Gasteiger partial charge in [0.15, 0.2) is 0 Å². The van der Waals surface area contributed by atoms with Crippen molar-refractivity contribution >= 4 is 34.1 Å². The number of hydrogen-bond donors (Lipinski definition) is 0. The number of hydrogen-bond acceptors (Lipinski definition) is 3. The molecule has 3 nitrogen and oxygen atoms in total. The predicted molar refractivity (Wildman–Crippen MR) is 92.7 cm³/mol. The summed E-state index contributed by atoms with van der Waals surface area (Å²) in [4.78, 5) is 8.63. The third-order valence-corrected chi connectivity index (χ3v) is 4.29. The molecule has 112 valence electrons. The molecule has 0 fully saturated rings. The number of aromatic nitrogens is 2. The molecule has 23 heavy (non-hydrogen) atoms. The zero-order chi connectivity index (χ0) is 15.8. The number of rotatable bonds is 2. The van der Waals surface area contributed by atoms with Crippen molar-refractivity contribution in [2.45, 2.75) is 0 Å². The monoisotopic (exact) mass is 340 g/mol. The van der Waals surface area contributed by atoms with Crippen LogP contribution in [0.1, 0.15) is 0 Å². The van der Waals surface area contributed by atoms with Crippen molar-refractivity contribution in [2.75, 3.05) is 0 Å². The van der Waals surface area contributed by atoms with Crippen LogP contribution in [0.5, 0.6) is 0 Å². The maximum absolute atomic E-state index is 6.64. The van der Waals surface area contributed by atoms with Crippen molar-refractivity contribution < 1.29 is 4.42 Å². The van der Waals surface area contributed by atoms with Crippen LogP contribution in [-0.4, -0.2) is 9.97 Å². The van der Waals surface area contributed by atoms with Crippen LogP contribution in [0.3, 0.4) is 0 Å². The van der Waals surface area contributed by atoms with Crippen LogP contribution in [0, 0.1) is 0 Å². The Kier molecular flexibility index (Phi) is 3.52. The van der Waals surface area contributed by atoms with Crippen LogP contribution in [-0.2, 0) is 0 Å². The summed E-state index contributed by atoms with van der Waals surface area (Å²) in [5.41, 5.74) is 3.23. The first-order valence-corrected chi connectivity index (χ1v) is 7.73. The minimum atomic E-state index is 0.387. The normalized spacial score (nSPS) is 11.0. The van der Waals surface area contributed by atoms with E-state index in [9.17, 15) is 0 Å². The molecule has 0 aliphatic carbocycles. The molecular weight excluding hydrogens is 331 g/mol. The van der Waals surface area contributed by atoms with Gasteiger partial charge in [0.05, 0.1) is 16.7 Å². The van der Waals surface area contributed by atoms with E-state index < -0.39 is 0 Å². The number of fused-ring (bicyclic) bond motifs is 1. The van der Waals surface area contributed by atoms with Gasteiger partial charge in [0.2, 0.25) is 5.89 Å². The second-order valence-electron chi connectivity index (χ2n) is 5.03. The standard InChI is InChI=1S/C18H10Cl2N2O/c19-16-13-10-12(18-21-8-9-23-18)6-7-14(13)22-17(20)15(16)11-4-2-1-3-5-11/h1-10H. The van der Waals surface area contributed by atoms with Crippen molar-refractivity contribution in [3.63, 3.8) is 0 Å². The molecular formula is C18H10Cl2N2O. The third kappa shape index (κ3) is 2.48. The summed E-state index contributed by atoms with van der Waals surface area (Å²) in [7, 11) is 0. The summed E-state index contributed by atoms with van der Waals surface area (Å²) >= 11 is 13.0. The Hall–Kier alpha value is -2.36. The summed E-state index contributed by atoms with van der Waals surface area (Å²) in [6.45, 7) is 0. The lowest BCUT2D eigenvalue weighted by atomic mass is 10.0. The highest BCUT2D eigenvalue weighted by Crippen LogP contribution is 2.39. The van der Waals surface area contributed by atoms with Crippen molar-refractivity contribution in [1.82, 2.24) is 9.97 Å². The molecule has 0 saturated carbocycles. The van der Waals surface area contributed by atoms with Gasteiger partial charge in [0.25, 0.3) is 0 Å². The quantitative estimate of drug-likeness (QED) is 0.428. The molecule has 0 saturated heterocycles. The summed E-state index contributed by atoms with van der Waals surface area (Å²) in [6, 6.07) is 15.4. The largest absolute Gasteiger partial charge is 0.445 e. The SMILES string of the molecule is Clc1nc2ccc(-c3ncco3)cc2c(Cl)c1-c1ccccc1. The molecule has 0 bridgehead atoms. The molecule has 4 aromatic rings. The summed E-state index contributed by atoms with van der Waals surface area (Å²) in [5.74, 6) is 0.541. The molecule has 5 heteroatoms. The smallest absolute Gasteiger partial charge is 0.225 e. The van der Waals surface area contributed by atoms with E-state index in [4.69, 9.17) is 27.6 Å². The molecule has 2 aromatic heterocycles. The number of nitrogens with zero attached hydrogens (tertiary/aromatic N) is 2. The fraction of sp³-hybridized carbons (Fsp3) is 0. The van der Waals surface area contributed by atoms with Crippen LogP contribution in [0.2, 0.25) is 10.2 Å². The van der Waals surface area contributed by atoms with Crippen LogP contribution in [0.15, 0.2) is 65.4 Å². The van der Waals surface area contributed by atoms with E-state index in [2.05, 4.69) is 9.97 Å². The molecule has 0 unspecified atom stereocenters. The topological polar surface area (TPSA) is 38.9 Å². The van der Waals surface area contributed by atoms with Gasteiger partial charge in [0.1, 0.15) is 11.4 Å². The Morgan fingerprint density at radius 1 is 0.913 bits per heavy atom. The van der Waals surface area contributed by atoms with E-state index in [-0.39, 0.29) is 0 Å². The minimum Gasteiger partial charge on any atom is -0.445 e. The van der Waals surface area contributed by atoms with Gasteiger partial charge in [-0.2, -0.15) is 0 Å². The lowest BCUT2D eigenvalue weighted by Crippen LogP contribution is -1.89. The number of pyridine rings is 1. The first-order chi connectivity index (χ1) is 11.2. The minimum absolute atomic E-state index is 0.387. The summed E-state index contributed by atoms with van der Waals surface area (Å²) < 4.78 is 5.35. The molecule has 2 heterocycles. The first-order valence-electron chi connectivity index (χ1n) is 6.98. The molecule has 0 spiro atoms. The van der Waals surface area contributed by atoms with Crippen LogP contribution in [0.4, 0.5) is 0 Å². The molecule has 0 amide bonds. The number of halogens is 2. The summed E-state index contributed by atoms with van der Waals surface area (Å²) in [6.07, 6.45) is 3.15. The zero-order valence-electron chi connectivity index (χ0n) is 11.8. The van der Waals surface area contributed by atoms with E-state index in [1.54, 1.807) is 6.20 Å². The average molecular weight is 341 g/mol. The van der Waals surface area contributed by atoms with Crippen molar-refractivity contribution in [3.8, 4) is 22.6 Å². The Labute approximate surface area is 142 Å². The molecule has 0 radical (unpaired) electrons. The number of oxazole rings is 1. The Morgan fingerprint density at radius 3 is 2.48 bits per heavy atom. The van der Waals surface area contributed by atoms with Gasteiger partial charge in [-0.3, -0.25) is 0 Å². The van der Waals surface area contributed by atoms with Crippen molar-refractivity contribution in [1.29, 1.82) is 0 Å². The van der Waals surface area contributed by atoms with E-state index in [0.717, 1.165) is 27.6 Å². The summed E-state index contributed by atoms with van der Waals surface area (Å²) in [5, 5.41) is 1.77. The van der Waals surface area contributed by atoms with Crippen molar-refractivity contribution in [2.24, 2.45) is 0 Å². The van der Waals surface area contributed by atoms with Crippen LogP contribution >= 0.6 is 23.2 Å². The molecule has 0 N–H and O–H groups in total. The zero-order valence-corrected chi connectivity index (χ0v) is 13.3. The molecule has 0 aliphatic rings. The lowest BCUT2D eigenvalue weighted by molar-refractivity contribution is 0.574. The highest BCUT2D eigenvalue weighted by molar-refractivity contribution is 6.42. The molecule has 0 atom stereocenters. The maximum Gasteiger partial charge on any atom is 0.225 e. The second kappa shape index (κ2) is 5.69. The molecule has 4 rings (SSSR count). The van der Waals surface area contributed by atoms with E-state index >= 15 is 0 Å². The Balaban J connectivity index is 1.99. The van der Waals surface area contributed by atoms with Gasteiger partial charge in [0, 0.05) is 16.5 Å². The van der Waals surface area contributed by atoms with Gasteiger partial charge >= 0.3 is 0 Å². The van der Waals surface area contributed by atoms with Crippen LogP contribution < -0.4 is 0 Å². The first kappa shape index (κ1) is 14.2. The third-order valence-electron chi connectivity index (χ3n) is 3.62. The Bertz CT molecular complexity index is 983. The van der Waals surface area contributed by atoms with Gasteiger partial charge in [-0.1, -0.05) is 53.5 Å². The van der Waals surface area contributed by atoms with E-state index in [1.807, 2.05) is 48.5 Å². The second-order valence-corrected chi connectivity index (χ2v) is 5.76. The fourth-order valence-corrected chi connectivity index (χ4v) is 3.24. The number of benzene rings is 2. The Morgan fingerprint density at radius 2 is 1.74 bits per heavy atom. The van der Waals surface area contributed by atoms with E-state index in [1.165, 1.54) is 6.26 Å². The van der Waals surface area contributed by atoms with Gasteiger partial charge < -0.3 is 4.42 Å². The van der Waals surface area contributed by atoms with Gasteiger partial charge in [-0.15, -0.1) is 0 Å². The maximum atomic E-state index is 6.64.